The van der Waals surface area contributed by atoms with E-state index >= 15 is 0 Å². The van der Waals surface area contributed by atoms with Gasteiger partial charge in [0, 0.05) is 5.69 Å². The van der Waals surface area contributed by atoms with E-state index in [2.05, 4.69) is 55.1 Å². The van der Waals surface area contributed by atoms with Gasteiger partial charge in [-0.05, 0) is 48.4 Å². The van der Waals surface area contributed by atoms with Crippen molar-refractivity contribution in [2.45, 2.75) is 20.0 Å². The van der Waals surface area contributed by atoms with E-state index in [9.17, 15) is 5.11 Å². The van der Waals surface area contributed by atoms with E-state index in [0.717, 1.165) is 43.9 Å². The number of nitrogens with zero attached hydrogens (tertiary/aromatic N) is 1. The number of aryl methyl sites for hydroxylation is 2. The van der Waals surface area contributed by atoms with Crippen LogP contribution in [0, 0.1) is 13.8 Å². The van der Waals surface area contributed by atoms with E-state index in [4.69, 9.17) is 4.74 Å². The van der Waals surface area contributed by atoms with Crippen LogP contribution in [0.4, 0.5) is 5.69 Å². The number of piperazine rings is 1. The van der Waals surface area contributed by atoms with E-state index in [1.807, 2.05) is 24.3 Å². The summed E-state index contributed by atoms with van der Waals surface area (Å²) in [5.74, 6) is 0.817. The Labute approximate surface area is 173 Å². The number of rotatable bonds is 6. The van der Waals surface area contributed by atoms with Crippen LogP contribution in [-0.2, 0) is 0 Å². The highest BCUT2D eigenvalue weighted by molar-refractivity contribution is 5.83. The number of ether oxygens (including phenoxy) is 1. The van der Waals surface area contributed by atoms with Crippen molar-refractivity contribution in [2.75, 3.05) is 44.2 Å². The van der Waals surface area contributed by atoms with E-state index in [0.29, 0.717) is 6.61 Å². The fourth-order valence-corrected chi connectivity index (χ4v) is 4.27. The molecule has 1 saturated heterocycles. The van der Waals surface area contributed by atoms with Gasteiger partial charge in [0.2, 0.25) is 0 Å². The van der Waals surface area contributed by atoms with Crippen LogP contribution in [0.15, 0.2) is 60.7 Å². The van der Waals surface area contributed by atoms with Gasteiger partial charge in [0.25, 0.3) is 0 Å². The van der Waals surface area contributed by atoms with Crippen LogP contribution in [-0.4, -0.2) is 50.5 Å². The molecule has 0 aromatic heterocycles. The maximum Gasteiger partial charge on any atom is 0.137 e. The van der Waals surface area contributed by atoms with Gasteiger partial charge >= 0.3 is 0 Å². The van der Waals surface area contributed by atoms with Crippen LogP contribution in [0.1, 0.15) is 11.1 Å². The molecule has 0 spiro atoms. The van der Waals surface area contributed by atoms with Crippen LogP contribution < -0.4 is 14.5 Å². The van der Waals surface area contributed by atoms with E-state index < -0.39 is 6.10 Å². The molecule has 0 saturated carbocycles. The lowest BCUT2D eigenvalue weighted by Crippen LogP contribution is -3.16. The summed E-state index contributed by atoms with van der Waals surface area (Å²) in [6, 6.07) is 21.0. The molecular formula is C25H31N2O2+. The van der Waals surface area contributed by atoms with Gasteiger partial charge in [-0.3, -0.25) is 0 Å². The van der Waals surface area contributed by atoms with E-state index in [-0.39, 0.29) is 0 Å². The molecule has 1 heterocycles. The molecule has 4 rings (SSSR count). The maximum absolute atomic E-state index is 10.5. The van der Waals surface area contributed by atoms with Gasteiger partial charge in [-0.15, -0.1) is 0 Å². The number of aliphatic hydroxyl groups is 1. The first-order valence-corrected chi connectivity index (χ1v) is 10.5. The third-order valence-corrected chi connectivity index (χ3v) is 5.85. The summed E-state index contributed by atoms with van der Waals surface area (Å²) >= 11 is 0. The van der Waals surface area contributed by atoms with Gasteiger partial charge in [0.1, 0.15) is 25.0 Å². The normalized spacial score (nSPS) is 16.2. The van der Waals surface area contributed by atoms with Crippen molar-refractivity contribution in [3.05, 3.63) is 71.8 Å². The smallest absolute Gasteiger partial charge is 0.137 e. The number of fused-ring (bicyclic) bond motifs is 1. The Morgan fingerprint density at radius 2 is 1.72 bits per heavy atom. The fourth-order valence-electron chi connectivity index (χ4n) is 4.27. The van der Waals surface area contributed by atoms with Crippen molar-refractivity contribution in [1.82, 2.24) is 0 Å². The van der Waals surface area contributed by atoms with E-state index in [1.54, 1.807) is 0 Å². The Morgan fingerprint density at radius 3 is 2.48 bits per heavy atom. The molecular weight excluding hydrogens is 360 g/mol. The van der Waals surface area contributed by atoms with E-state index in [1.165, 1.54) is 27.1 Å². The van der Waals surface area contributed by atoms with Gasteiger partial charge < -0.3 is 19.6 Å². The summed E-state index contributed by atoms with van der Waals surface area (Å²) in [5, 5.41) is 12.8. The number of nitrogens with one attached hydrogen (secondary N) is 1. The van der Waals surface area contributed by atoms with Crippen molar-refractivity contribution < 1.29 is 14.7 Å². The molecule has 152 valence electrons. The zero-order valence-electron chi connectivity index (χ0n) is 17.4. The summed E-state index contributed by atoms with van der Waals surface area (Å²) < 4.78 is 5.86. The monoisotopic (exact) mass is 391 g/mol. The molecule has 0 unspecified atom stereocenters. The first-order chi connectivity index (χ1) is 14.1. The molecule has 3 aromatic carbocycles. The van der Waals surface area contributed by atoms with Crippen molar-refractivity contribution in [3.63, 3.8) is 0 Å². The van der Waals surface area contributed by atoms with Crippen molar-refractivity contribution in [2.24, 2.45) is 0 Å². The molecule has 2 N–H and O–H groups in total. The quantitative estimate of drug-likeness (QED) is 0.678. The van der Waals surface area contributed by atoms with Crippen LogP contribution in [0.3, 0.4) is 0 Å². The van der Waals surface area contributed by atoms with Crippen LogP contribution in [0.5, 0.6) is 5.75 Å². The molecule has 0 radical (unpaired) electrons. The van der Waals surface area contributed by atoms with Gasteiger partial charge in [-0.1, -0.05) is 48.0 Å². The standard InChI is InChI=1S/C25H30N2O2/c1-19-7-10-25(20(2)15-19)27-13-11-26(12-14-27)17-23(28)18-29-24-9-8-21-5-3-4-6-22(21)16-24/h3-10,15-16,23,28H,11-14,17-18H2,1-2H3/p+1/t23-/m0/s1. The Bertz CT molecular complexity index is 964. The number of quaternary nitrogens is 1. The number of hydrogen-bond donors (Lipinski definition) is 2. The molecule has 1 aliphatic rings. The van der Waals surface area contributed by atoms with Crippen molar-refractivity contribution in [1.29, 1.82) is 0 Å². The molecule has 1 atom stereocenters. The SMILES string of the molecule is Cc1ccc(N2CC[NH+](C[C@H](O)COc3ccc4ccccc4c3)CC2)c(C)c1. The second-order valence-corrected chi connectivity index (χ2v) is 8.20. The molecule has 0 bridgehead atoms. The lowest BCUT2D eigenvalue weighted by Gasteiger charge is -2.35. The summed E-state index contributed by atoms with van der Waals surface area (Å²) in [4.78, 5) is 3.91. The topological polar surface area (TPSA) is 37.1 Å². The first-order valence-electron chi connectivity index (χ1n) is 10.5. The number of anilines is 1. The lowest BCUT2D eigenvalue weighted by atomic mass is 10.1. The zero-order valence-corrected chi connectivity index (χ0v) is 17.4. The van der Waals surface area contributed by atoms with Crippen LogP contribution in [0.25, 0.3) is 10.8 Å². The van der Waals surface area contributed by atoms with Crippen molar-refractivity contribution in [3.8, 4) is 5.75 Å². The minimum Gasteiger partial charge on any atom is -0.491 e. The van der Waals surface area contributed by atoms with Crippen LogP contribution >= 0.6 is 0 Å². The summed E-state index contributed by atoms with van der Waals surface area (Å²) in [6.07, 6.45) is -0.455. The Hall–Kier alpha value is -2.56. The Balaban J connectivity index is 1.25. The average Bonchev–Trinajstić information content (AvgIpc) is 2.73. The maximum atomic E-state index is 10.5. The fraction of sp³-hybridized carbons (Fsp3) is 0.360. The minimum absolute atomic E-state index is 0.336. The molecule has 0 amide bonds. The molecule has 3 aromatic rings. The first kappa shape index (κ1) is 19.7. The van der Waals surface area contributed by atoms with Crippen molar-refractivity contribution >= 4 is 16.5 Å². The summed E-state index contributed by atoms with van der Waals surface area (Å²) in [6.45, 7) is 9.53. The number of benzene rings is 3. The second kappa shape index (κ2) is 8.85. The zero-order chi connectivity index (χ0) is 20.2. The second-order valence-electron chi connectivity index (χ2n) is 8.20. The molecule has 0 aliphatic carbocycles. The molecule has 4 heteroatoms. The third kappa shape index (κ3) is 4.89. The predicted molar refractivity (Wildman–Crippen MR) is 119 cm³/mol. The summed E-state index contributed by atoms with van der Waals surface area (Å²) in [7, 11) is 0. The molecule has 1 fully saturated rings. The molecule has 4 nitrogen and oxygen atoms in total. The van der Waals surface area contributed by atoms with Gasteiger partial charge in [-0.2, -0.15) is 0 Å². The third-order valence-electron chi connectivity index (χ3n) is 5.85. The highest BCUT2D eigenvalue weighted by atomic mass is 16.5. The predicted octanol–water partition coefficient (Wildman–Crippen LogP) is 2.60. The largest absolute Gasteiger partial charge is 0.491 e. The van der Waals surface area contributed by atoms with Gasteiger partial charge in [-0.25, -0.2) is 0 Å². The Kier molecular flexibility index (Phi) is 6.02. The highest BCUT2D eigenvalue weighted by Crippen LogP contribution is 2.21. The lowest BCUT2D eigenvalue weighted by molar-refractivity contribution is -0.903. The minimum atomic E-state index is -0.455. The van der Waals surface area contributed by atoms with Gasteiger partial charge in [0.05, 0.1) is 26.2 Å². The molecule has 1 aliphatic heterocycles. The van der Waals surface area contributed by atoms with Gasteiger partial charge in [0.15, 0.2) is 0 Å². The Morgan fingerprint density at radius 1 is 0.966 bits per heavy atom. The highest BCUT2D eigenvalue weighted by Gasteiger charge is 2.23. The van der Waals surface area contributed by atoms with Crippen LogP contribution in [0.2, 0.25) is 0 Å². The summed E-state index contributed by atoms with van der Waals surface area (Å²) in [5.41, 5.74) is 4.00. The number of hydrogen-bond acceptors (Lipinski definition) is 3. The number of aliphatic hydroxyl groups excluding tert-OH is 1. The average molecular weight is 392 g/mol. The molecule has 29 heavy (non-hydrogen) atoms.